The number of ether oxygens (including phenoxy) is 1. The standard InChI is InChI=1S/C14H9ClN2O4S/c15-8-1-2-10-11(5-8)22-14(16-10)21-9-3-4-17(7-13(19)20)12(18)6-9/h1-6H,7H2,(H,19,20). The lowest BCUT2D eigenvalue weighted by Crippen LogP contribution is -2.22. The van der Waals surface area contributed by atoms with Gasteiger partial charge in [-0.1, -0.05) is 22.9 Å². The van der Waals surface area contributed by atoms with Crippen molar-refractivity contribution in [2.45, 2.75) is 6.54 Å². The molecule has 0 radical (unpaired) electrons. The maximum atomic E-state index is 11.8. The highest BCUT2D eigenvalue weighted by Crippen LogP contribution is 2.32. The summed E-state index contributed by atoms with van der Waals surface area (Å²) in [6.07, 6.45) is 1.37. The Morgan fingerprint density at radius 2 is 2.18 bits per heavy atom. The third-order valence-electron chi connectivity index (χ3n) is 2.81. The topological polar surface area (TPSA) is 81.4 Å². The Balaban J connectivity index is 1.86. The second-order valence-electron chi connectivity index (χ2n) is 4.42. The van der Waals surface area contributed by atoms with Crippen LogP contribution < -0.4 is 10.3 Å². The SMILES string of the molecule is O=C(O)Cn1ccc(Oc2nc3ccc(Cl)cc3s2)cc1=O. The number of carboxylic acid groups (broad SMARTS) is 1. The van der Waals surface area contributed by atoms with Crippen LogP contribution in [0.4, 0.5) is 0 Å². The number of carbonyl (C=O) groups is 1. The molecule has 2 heterocycles. The highest BCUT2D eigenvalue weighted by atomic mass is 35.5. The highest BCUT2D eigenvalue weighted by Gasteiger charge is 2.08. The summed E-state index contributed by atoms with van der Waals surface area (Å²) < 4.78 is 7.50. The van der Waals surface area contributed by atoms with E-state index in [9.17, 15) is 9.59 Å². The number of halogens is 1. The van der Waals surface area contributed by atoms with E-state index in [0.717, 1.165) is 14.8 Å². The van der Waals surface area contributed by atoms with Crippen molar-refractivity contribution in [2.75, 3.05) is 0 Å². The molecule has 0 aliphatic heterocycles. The third-order valence-corrected chi connectivity index (χ3v) is 3.94. The lowest BCUT2D eigenvalue weighted by molar-refractivity contribution is -0.137. The number of nitrogens with zero attached hydrogens (tertiary/aromatic N) is 2. The van der Waals surface area contributed by atoms with Crippen LogP contribution in [-0.2, 0) is 11.3 Å². The summed E-state index contributed by atoms with van der Waals surface area (Å²) in [4.78, 5) is 26.7. The zero-order chi connectivity index (χ0) is 15.7. The second-order valence-corrected chi connectivity index (χ2v) is 5.85. The van der Waals surface area contributed by atoms with E-state index in [2.05, 4.69) is 4.98 Å². The summed E-state index contributed by atoms with van der Waals surface area (Å²) in [5, 5.41) is 9.68. The molecule has 0 unspecified atom stereocenters. The number of fused-ring (bicyclic) bond motifs is 1. The minimum absolute atomic E-state index is 0.303. The fraction of sp³-hybridized carbons (Fsp3) is 0.0714. The first kappa shape index (κ1) is 14.6. The summed E-state index contributed by atoms with van der Waals surface area (Å²) in [7, 11) is 0. The number of carboxylic acids is 1. The van der Waals surface area contributed by atoms with Gasteiger partial charge in [-0.15, -0.1) is 0 Å². The number of thiazole rings is 1. The molecule has 2 aromatic heterocycles. The first-order chi connectivity index (χ1) is 10.5. The predicted octanol–water partition coefficient (Wildman–Crippen LogP) is 2.99. The fourth-order valence-electron chi connectivity index (χ4n) is 1.85. The van der Waals surface area contributed by atoms with Crippen molar-refractivity contribution in [3.05, 3.63) is 51.9 Å². The molecule has 0 aliphatic rings. The summed E-state index contributed by atoms with van der Waals surface area (Å²) in [5.41, 5.74) is 0.299. The number of rotatable bonds is 4. The van der Waals surface area contributed by atoms with Crippen molar-refractivity contribution < 1.29 is 14.6 Å². The highest BCUT2D eigenvalue weighted by molar-refractivity contribution is 7.20. The van der Waals surface area contributed by atoms with E-state index >= 15 is 0 Å². The van der Waals surface area contributed by atoms with Crippen LogP contribution in [0.1, 0.15) is 0 Å². The van der Waals surface area contributed by atoms with Gasteiger partial charge < -0.3 is 14.4 Å². The van der Waals surface area contributed by atoms with Crippen LogP contribution in [0.15, 0.2) is 41.3 Å². The van der Waals surface area contributed by atoms with Gasteiger partial charge in [0.25, 0.3) is 10.8 Å². The fourth-order valence-corrected chi connectivity index (χ4v) is 2.96. The predicted molar refractivity (Wildman–Crippen MR) is 83.0 cm³/mol. The van der Waals surface area contributed by atoms with Gasteiger partial charge in [0.05, 0.1) is 10.2 Å². The van der Waals surface area contributed by atoms with E-state index in [1.54, 1.807) is 18.2 Å². The van der Waals surface area contributed by atoms with Crippen LogP contribution in [0.25, 0.3) is 10.2 Å². The number of hydrogen-bond donors (Lipinski definition) is 1. The normalized spacial score (nSPS) is 10.8. The monoisotopic (exact) mass is 336 g/mol. The molecule has 8 heteroatoms. The molecular formula is C14H9ClN2O4S. The van der Waals surface area contributed by atoms with Gasteiger partial charge in [0.2, 0.25) is 0 Å². The smallest absolute Gasteiger partial charge is 0.323 e. The number of aliphatic carboxylic acids is 1. The Bertz CT molecular complexity index is 919. The average Bonchev–Trinajstić information content (AvgIpc) is 2.82. The van der Waals surface area contributed by atoms with Gasteiger partial charge in [-0.25, -0.2) is 4.98 Å². The largest absolute Gasteiger partial charge is 0.480 e. The van der Waals surface area contributed by atoms with Crippen LogP contribution >= 0.6 is 22.9 Å². The average molecular weight is 337 g/mol. The molecule has 0 saturated carbocycles. The van der Waals surface area contributed by atoms with Gasteiger partial charge in [0.1, 0.15) is 12.3 Å². The summed E-state index contributed by atoms with van der Waals surface area (Å²) in [6, 6.07) is 8.05. The minimum atomic E-state index is -1.08. The molecule has 1 aromatic carbocycles. The van der Waals surface area contributed by atoms with Gasteiger partial charge in [0.15, 0.2) is 0 Å². The van der Waals surface area contributed by atoms with Crippen molar-refractivity contribution in [2.24, 2.45) is 0 Å². The summed E-state index contributed by atoms with van der Waals surface area (Å²) in [5.74, 6) is -0.782. The van der Waals surface area contributed by atoms with Gasteiger partial charge >= 0.3 is 5.97 Å². The molecule has 0 saturated heterocycles. The quantitative estimate of drug-likeness (QED) is 0.792. The molecule has 0 bridgehead atoms. The Morgan fingerprint density at radius 1 is 1.36 bits per heavy atom. The van der Waals surface area contributed by atoms with Crippen molar-refractivity contribution in [3.63, 3.8) is 0 Å². The van der Waals surface area contributed by atoms with E-state index in [-0.39, 0.29) is 0 Å². The molecule has 3 aromatic rings. The molecule has 22 heavy (non-hydrogen) atoms. The minimum Gasteiger partial charge on any atom is -0.480 e. The molecule has 0 fully saturated rings. The Kier molecular flexibility index (Phi) is 3.82. The van der Waals surface area contributed by atoms with Crippen molar-refractivity contribution in [1.82, 2.24) is 9.55 Å². The Labute approximate surface area is 133 Å². The summed E-state index contributed by atoms with van der Waals surface area (Å²) in [6.45, 7) is -0.390. The van der Waals surface area contributed by atoms with Crippen LogP contribution in [0, 0.1) is 0 Å². The Hall–Kier alpha value is -2.38. The van der Waals surface area contributed by atoms with Crippen LogP contribution in [0.2, 0.25) is 5.02 Å². The first-order valence-electron chi connectivity index (χ1n) is 6.17. The molecule has 0 amide bonds. The molecule has 112 valence electrons. The van der Waals surface area contributed by atoms with E-state index in [1.807, 2.05) is 0 Å². The summed E-state index contributed by atoms with van der Waals surface area (Å²) >= 11 is 7.22. The maximum absolute atomic E-state index is 11.8. The zero-order valence-electron chi connectivity index (χ0n) is 11.0. The molecule has 6 nitrogen and oxygen atoms in total. The van der Waals surface area contributed by atoms with Crippen molar-refractivity contribution >= 4 is 39.1 Å². The number of hydrogen-bond acceptors (Lipinski definition) is 5. The van der Waals surface area contributed by atoms with Crippen LogP contribution in [-0.4, -0.2) is 20.6 Å². The van der Waals surface area contributed by atoms with Gasteiger partial charge in [-0.2, -0.15) is 0 Å². The molecular weight excluding hydrogens is 328 g/mol. The van der Waals surface area contributed by atoms with Gasteiger partial charge in [0, 0.05) is 17.3 Å². The Morgan fingerprint density at radius 3 is 2.91 bits per heavy atom. The first-order valence-corrected chi connectivity index (χ1v) is 7.37. The molecule has 0 aliphatic carbocycles. The molecule has 0 spiro atoms. The van der Waals surface area contributed by atoms with Gasteiger partial charge in [-0.3, -0.25) is 9.59 Å². The van der Waals surface area contributed by atoms with Crippen molar-refractivity contribution in [1.29, 1.82) is 0 Å². The molecule has 3 rings (SSSR count). The third kappa shape index (κ3) is 3.10. The lowest BCUT2D eigenvalue weighted by atomic mass is 10.3. The van der Waals surface area contributed by atoms with Gasteiger partial charge in [-0.05, 0) is 24.3 Å². The van der Waals surface area contributed by atoms with E-state index in [1.165, 1.54) is 29.7 Å². The molecule has 1 N–H and O–H groups in total. The zero-order valence-corrected chi connectivity index (χ0v) is 12.6. The van der Waals surface area contributed by atoms with Crippen molar-refractivity contribution in [3.8, 4) is 10.9 Å². The number of aromatic nitrogens is 2. The van der Waals surface area contributed by atoms with E-state index in [4.69, 9.17) is 21.4 Å². The number of pyridine rings is 1. The maximum Gasteiger partial charge on any atom is 0.323 e. The second kappa shape index (κ2) is 5.78. The van der Waals surface area contributed by atoms with Crippen LogP contribution in [0.3, 0.4) is 0 Å². The van der Waals surface area contributed by atoms with Crippen LogP contribution in [0.5, 0.6) is 10.9 Å². The molecule has 0 atom stereocenters. The van der Waals surface area contributed by atoms with E-state index < -0.39 is 18.1 Å². The number of benzene rings is 1. The van der Waals surface area contributed by atoms with E-state index in [0.29, 0.717) is 16.0 Å². The lowest BCUT2D eigenvalue weighted by Gasteiger charge is -2.04.